The van der Waals surface area contributed by atoms with Crippen LogP contribution in [0.4, 0.5) is 0 Å². The van der Waals surface area contributed by atoms with E-state index in [0.29, 0.717) is 0 Å². The molecule has 1 nitrogen and oxygen atoms in total. The smallest absolute Gasteiger partial charge is 0.0230 e. The predicted molar refractivity (Wildman–Crippen MR) is 104 cm³/mol. The highest BCUT2D eigenvalue weighted by Crippen LogP contribution is 2.22. The van der Waals surface area contributed by atoms with Crippen molar-refractivity contribution in [3.8, 4) is 0 Å². The van der Waals surface area contributed by atoms with Gasteiger partial charge in [-0.1, -0.05) is 42.5 Å². The number of hydrogen-bond donors (Lipinski definition) is 0. The average molecular weight is 326 g/mol. The maximum Gasteiger partial charge on any atom is 0.0230 e. The third-order valence-electron chi connectivity index (χ3n) is 4.21. The lowest BCUT2D eigenvalue weighted by Crippen LogP contribution is -2.19. The first-order chi connectivity index (χ1) is 11.1. The molecule has 0 unspecified atom stereocenters. The molecule has 0 aliphatic rings. The molecule has 2 aromatic carbocycles. The quantitative estimate of drug-likeness (QED) is 0.606. The summed E-state index contributed by atoms with van der Waals surface area (Å²) in [5, 5.41) is 0. The molecular formula is C21H27NS. The topological polar surface area (TPSA) is 3.24 Å². The van der Waals surface area contributed by atoms with Gasteiger partial charge in [-0.25, -0.2) is 0 Å². The Morgan fingerprint density at radius 3 is 2.39 bits per heavy atom. The van der Waals surface area contributed by atoms with E-state index in [2.05, 4.69) is 86.7 Å². The Kier molecular flexibility index (Phi) is 6.94. The molecule has 0 saturated carbocycles. The summed E-state index contributed by atoms with van der Waals surface area (Å²) < 4.78 is 0. The predicted octanol–water partition coefficient (Wildman–Crippen LogP) is 5.64. The minimum Gasteiger partial charge on any atom is -0.302 e. The SMILES string of the molecule is C/C=C(/CCN(C)Cc1ccc(SC)cc1)c1ccccc1C. The molecule has 2 heteroatoms. The van der Waals surface area contributed by atoms with Crippen LogP contribution in [0.3, 0.4) is 0 Å². The summed E-state index contributed by atoms with van der Waals surface area (Å²) in [5.74, 6) is 0. The van der Waals surface area contributed by atoms with E-state index < -0.39 is 0 Å². The first kappa shape index (κ1) is 17.8. The van der Waals surface area contributed by atoms with Crippen molar-refractivity contribution in [2.24, 2.45) is 0 Å². The molecule has 0 aliphatic heterocycles. The average Bonchev–Trinajstić information content (AvgIpc) is 2.57. The van der Waals surface area contributed by atoms with E-state index >= 15 is 0 Å². The summed E-state index contributed by atoms with van der Waals surface area (Å²) in [6.07, 6.45) is 5.45. The number of allylic oxidation sites excluding steroid dienone is 1. The second-order valence-corrected chi connectivity index (χ2v) is 6.84. The van der Waals surface area contributed by atoms with Crippen LogP contribution in [0, 0.1) is 6.92 Å². The van der Waals surface area contributed by atoms with Crippen LogP contribution >= 0.6 is 11.8 Å². The molecule has 0 saturated heterocycles. The van der Waals surface area contributed by atoms with E-state index in [0.717, 1.165) is 19.5 Å². The molecule has 0 amide bonds. The molecule has 0 aromatic heterocycles. The van der Waals surface area contributed by atoms with Crippen LogP contribution in [0.5, 0.6) is 0 Å². The molecule has 0 heterocycles. The van der Waals surface area contributed by atoms with Crippen LogP contribution in [0.25, 0.3) is 5.57 Å². The van der Waals surface area contributed by atoms with Crippen LogP contribution in [-0.2, 0) is 6.54 Å². The lowest BCUT2D eigenvalue weighted by molar-refractivity contribution is 0.335. The maximum atomic E-state index is 2.40. The standard InChI is InChI=1S/C21H27NS/c1-5-19(21-9-7-6-8-17(21)2)14-15-22(3)16-18-10-12-20(23-4)13-11-18/h5-13H,14-16H2,1-4H3/b19-5-. The fraction of sp³-hybridized carbons (Fsp3) is 0.333. The van der Waals surface area contributed by atoms with Gasteiger partial charge in [0.1, 0.15) is 0 Å². The van der Waals surface area contributed by atoms with Crippen LogP contribution in [0.15, 0.2) is 59.5 Å². The molecule has 0 fully saturated rings. The number of rotatable bonds is 7. The summed E-state index contributed by atoms with van der Waals surface area (Å²) in [6, 6.07) is 17.5. The van der Waals surface area contributed by atoms with Gasteiger partial charge in [0.2, 0.25) is 0 Å². The minimum atomic E-state index is 0.999. The van der Waals surface area contributed by atoms with Gasteiger partial charge in [-0.05, 0) is 68.0 Å². The summed E-state index contributed by atoms with van der Waals surface area (Å²) in [6.45, 7) is 6.40. The molecule has 2 rings (SSSR count). The van der Waals surface area contributed by atoms with Crippen molar-refractivity contribution in [1.82, 2.24) is 4.90 Å². The zero-order valence-corrected chi connectivity index (χ0v) is 15.5. The first-order valence-electron chi connectivity index (χ1n) is 8.16. The summed E-state index contributed by atoms with van der Waals surface area (Å²) >= 11 is 1.79. The molecule has 23 heavy (non-hydrogen) atoms. The third-order valence-corrected chi connectivity index (χ3v) is 4.96. The van der Waals surface area contributed by atoms with Gasteiger partial charge in [-0.2, -0.15) is 0 Å². The van der Waals surface area contributed by atoms with Gasteiger partial charge in [0, 0.05) is 18.0 Å². The van der Waals surface area contributed by atoms with E-state index in [1.165, 1.54) is 27.2 Å². The van der Waals surface area contributed by atoms with Crippen LogP contribution in [-0.4, -0.2) is 24.7 Å². The normalized spacial score (nSPS) is 12.0. The van der Waals surface area contributed by atoms with E-state index in [9.17, 15) is 0 Å². The Morgan fingerprint density at radius 1 is 1.09 bits per heavy atom. The second kappa shape index (κ2) is 8.95. The zero-order valence-electron chi connectivity index (χ0n) is 14.7. The molecule has 122 valence electrons. The molecule has 2 aromatic rings. The van der Waals surface area contributed by atoms with E-state index in [1.54, 1.807) is 11.8 Å². The van der Waals surface area contributed by atoms with Crippen LogP contribution in [0.2, 0.25) is 0 Å². The van der Waals surface area contributed by atoms with Crippen LogP contribution in [0.1, 0.15) is 30.0 Å². The molecular weight excluding hydrogens is 298 g/mol. The van der Waals surface area contributed by atoms with Gasteiger partial charge in [0.15, 0.2) is 0 Å². The van der Waals surface area contributed by atoms with Gasteiger partial charge in [-0.15, -0.1) is 11.8 Å². The number of benzene rings is 2. The minimum absolute atomic E-state index is 0.999. The van der Waals surface area contributed by atoms with Gasteiger partial charge < -0.3 is 4.90 Å². The Labute approximate surface area is 145 Å². The van der Waals surface area contributed by atoms with Gasteiger partial charge in [0.25, 0.3) is 0 Å². The van der Waals surface area contributed by atoms with Crippen molar-refractivity contribution >= 4 is 17.3 Å². The first-order valence-corrected chi connectivity index (χ1v) is 9.39. The highest BCUT2D eigenvalue weighted by Gasteiger charge is 2.06. The molecule has 0 atom stereocenters. The van der Waals surface area contributed by atoms with Crippen LogP contribution < -0.4 is 0 Å². The third kappa shape index (κ3) is 5.26. The fourth-order valence-corrected chi connectivity index (χ4v) is 3.21. The van der Waals surface area contributed by atoms with E-state index in [-0.39, 0.29) is 0 Å². The molecule has 0 bridgehead atoms. The molecule has 0 spiro atoms. The highest BCUT2D eigenvalue weighted by atomic mass is 32.2. The van der Waals surface area contributed by atoms with Crippen molar-refractivity contribution in [3.63, 3.8) is 0 Å². The molecule has 0 aliphatic carbocycles. The van der Waals surface area contributed by atoms with Crippen molar-refractivity contribution < 1.29 is 0 Å². The van der Waals surface area contributed by atoms with Gasteiger partial charge >= 0.3 is 0 Å². The zero-order chi connectivity index (χ0) is 16.7. The largest absolute Gasteiger partial charge is 0.302 e. The van der Waals surface area contributed by atoms with Crippen molar-refractivity contribution in [2.75, 3.05) is 19.8 Å². The monoisotopic (exact) mass is 325 g/mol. The van der Waals surface area contributed by atoms with Gasteiger partial charge in [-0.3, -0.25) is 0 Å². The Balaban J connectivity index is 1.92. The van der Waals surface area contributed by atoms with Gasteiger partial charge in [0.05, 0.1) is 0 Å². The lowest BCUT2D eigenvalue weighted by atomic mass is 9.98. The number of hydrogen-bond acceptors (Lipinski definition) is 2. The Bertz CT molecular complexity index is 643. The van der Waals surface area contributed by atoms with Crippen molar-refractivity contribution in [1.29, 1.82) is 0 Å². The second-order valence-electron chi connectivity index (χ2n) is 5.96. The molecule has 0 N–H and O–H groups in total. The van der Waals surface area contributed by atoms with E-state index in [4.69, 9.17) is 0 Å². The lowest BCUT2D eigenvalue weighted by Gasteiger charge is -2.19. The van der Waals surface area contributed by atoms with Crippen molar-refractivity contribution in [2.45, 2.75) is 31.7 Å². The summed E-state index contributed by atoms with van der Waals surface area (Å²) in [7, 11) is 2.20. The fourth-order valence-electron chi connectivity index (χ4n) is 2.80. The van der Waals surface area contributed by atoms with E-state index in [1.807, 2.05) is 0 Å². The Hall–Kier alpha value is -1.51. The molecule has 0 radical (unpaired) electrons. The maximum absolute atomic E-state index is 2.40. The van der Waals surface area contributed by atoms with Crippen molar-refractivity contribution in [3.05, 3.63) is 71.3 Å². The summed E-state index contributed by atoms with van der Waals surface area (Å²) in [5.41, 5.74) is 5.56. The number of aryl methyl sites for hydroxylation is 1. The number of thioether (sulfide) groups is 1. The highest BCUT2D eigenvalue weighted by molar-refractivity contribution is 7.98. The number of nitrogens with zero attached hydrogens (tertiary/aromatic N) is 1. The summed E-state index contributed by atoms with van der Waals surface area (Å²) in [4.78, 5) is 3.72. The Morgan fingerprint density at radius 2 is 1.78 bits per heavy atom.